The van der Waals surface area contributed by atoms with Crippen molar-refractivity contribution in [3.63, 3.8) is 0 Å². The van der Waals surface area contributed by atoms with Crippen molar-refractivity contribution in [2.24, 2.45) is 0 Å². The normalized spacial score (nSPS) is 10.9. The number of hydrogen-bond acceptors (Lipinski definition) is 7. The summed E-state index contributed by atoms with van der Waals surface area (Å²) in [7, 11) is 0. The number of aromatic hydroxyl groups is 2. The lowest BCUT2D eigenvalue weighted by Gasteiger charge is -2.20. The third-order valence-corrected chi connectivity index (χ3v) is 6.65. The minimum atomic E-state index is -0.354. The fourth-order valence-corrected chi connectivity index (χ4v) is 4.28. The molecule has 0 saturated carbocycles. The first-order valence-corrected chi connectivity index (χ1v) is 15.3. The molecule has 2 aromatic rings. The van der Waals surface area contributed by atoms with Crippen LogP contribution in [0, 0.1) is 0 Å². The fourth-order valence-electron chi connectivity index (χ4n) is 4.28. The van der Waals surface area contributed by atoms with E-state index in [0.29, 0.717) is 26.4 Å². The van der Waals surface area contributed by atoms with Crippen LogP contribution in [0.5, 0.6) is 34.5 Å². The molecule has 0 amide bonds. The van der Waals surface area contributed by atoms with Crippen molar-refractivity contribution in [1.82, 2.24) is 0 Å². The minimum absolute atomic E-state index is 0.0692. The first-order valence-electron chi connectivity index (χ1n) is 15.3. The number of phenols is 2. The lowest BCUT2D eigenvalue weighted by Crippen LogP contribution is -2.12. The van der Waals surface area contributed by atoms with E-state index in [1.807, 2.05) is 0 Å². The molecule has 7 nitrogen and oxygen atoms in total. The number of ketones is 1. The van der Waals surface area contributed by atoms with Gasteiger partial charge in [-0.2, -0.15) is 0 Å². The van der Waals surface area contributed by atoms with Crippen molar-refractivity contribution >= 4 is 5.78 Å². The van der Waals surface area contributed by atoms with Crippen LogP contribution < -0.4 is 18.9 Å². The van der Waals surface area contributed by atoms with E-state index >= 15 is 0 Å². The third kappa shape index (κ3) is 10.1. The van der Waals surface area contributed by atoms with E-state index in [1.54, 1.807) is 12.1 Å². The van der Waals surface area contributed by atoms with Gasteiger partial charge >= 0.3 is 0 Å². The van der Waals surface area contributed by atoms with Gasteiger partial charge < -0.3 is 29.2 Å². The molecule has 0 aliphatic heterocycles. The molecule has 0 aromatic heterocycles. The summed E-state index contributed by atoms with van der Waals surface area (Å²) in [5.41, 5.74) is 0.529. The second kappa shape index (κ2) is 19.1. The van der Waals surface area contributed by atoms with Gasteiger partial charge in [-0.15, -0.1) is 0 Å². The molecule has 2 rings (SSSR count). The largest absolute Gasteiger partial charge is 0.504 e. The van der Waals surface area contributed by atoms with Gasteiger partial charge in [-0.1, -0.05) is 79.1 Å². The summed E-state index contributed by atoms with van der Waals surface area (Å²) in [5.74, 6) is 0.326. The molecule has 224 valence electrons. The molecular formula is C33H50O7. The highest BCUT2D eigenvalue weighted by Gasteiger charge is 2.27. The number of ether oxygens (including phenoxy) is 4. The molecule has 0 aliphatic carbocycles. The highest BCUT2D eigenvalue weighted by atomic mass is 16.5. The van der Waals surface area contributed by atoms with E-state index in [0.717, 1.165) is 77.0 Å². The maximum absolute atomic E-state index is 14.1. The Morgan fingerprint density at radius 3 is 1.10 bits per heavy atom. The van der Waals surface area contributed by atoms with Gasteiger partial charge in [0.25, 0.3) is 0 Å². The van der Waals surface area contributed by atoms with Crippen molar-refractivity contribution in [1.29, 1.82) is 0 Å². The number of carbonyl (C=O) groups excluding carboxylic acids is 1. The summed E-state index contributed by atoms with van der Waals surface area (Å²) < 4.78 is 24.2. The van der Waals surface area contributed by atoms with Crippen molar-refractivity contribution in [3.8, 4) is 34.5 Å². The van der Waals surface area contributed by atoms with Crippen molar-refractivity contribution in [3.05, 3.63) is 35.4 Å². The van der Waals surface area contributed by atoms with E-state index in [-0.39, 0.29) is 51.4 Å². The molecule has 0 unspecified atom stereocenters. The molecule has 0 fully saturated rings. The first-order chi connectivity index (χ1) is 19.5. The van der Waals surface area contributed by atoms with Gasteiger partial charge in [0.2, 0.25) is 17.3 Å². The zero-order valence-electron chi connectivity index (χ0n) is 25.1. The average molecular weight is 559 g/mol. The monoisotopic (exact) mass is 558 g/mol. The molecule has 0 spiro atoms. The molecule has 0 radical (unpaired) electrons. The summed E-state index contributed by atoms with van der Waals surface area (Å²) in [5, 5.41) is 21.4. The Bertz CT molecular complexity index is 939. The van der Waals surface area contributed by atoms with Crippen LogP contribution in [0.15, 0.2) is 24.3 Å². The van der Waals surface area contributed by atoms with Crippen LogP contribution in [0.4, 0.5) is 0 Å². The van der Waals surface area contributed by atoms with Crippen LogP contribution in [-0.2, 0) is 0 Å². The molecule has 0 bridgehead atoms. The number of benzene rings is 2. The Balaban J connectivity index is 2.52. The zero-order valence-corrected chi connectivity index (χ0v) is 25.1. The van der Waals surface area contributed by atoms with Gasteiger partial charge in [-0.05, 0) is 49.9 Å². The first kappa shape index (κ1) is 33.1. The standard InChI is InChI=1S/C33H50O7/c1-5-9-13-21-37-30-25(17-19-27(34)32(30)39-23-15-11-7-3)29(36)26-18-20-28(35)33(40-24-16-12-8-4)31(26)38-22-14-10-6-2/h17-20,34-35H,5-16,21-24H2,1-4H3. The van der Waals surface area contributed by atoms with Crippen LogP contribution in [0.1, 0.15) is 121 Å². The molecule has 2 N–H and O–H groups in total. The quantitative estimate of drug-likeness (QED) is 0.110. The van der Waals surface area contributed by atoms with Gasteiger partial charge in [0.15, 0.2) is 23.0 Å². The average Bonchev–Trinajstić information content (AvgIpc) is 2.95. The van der Waals surface area contributed by atoms with E-state index < -0.39 is 0 Å². The Kier molecular flexibility index (Phi) is 15.8. The van der Waals surface area contributed by atoms with E-state index in [2.05, 4.69) is 27.7 Å². The van der Waals surface area contributed by atoms with Crippen LogP contribution in [-0.4, -0.2) is 42.4 Å². The molecular weight excluding hydrogens is 508 g/mol. The molecule has 0 atom stereocenters. The van der Waals surface area contributed by atoms with Gasteiger partial charge in [0.05, 0.1) is 37.6 Å². The molecule has 0 aliphatic rings. The number of phenolic OH excluding ortho intramolecular Hbond substituents is 2. The highest BCUT2D eigenvalue weighted by Crippen LogP contribution is 2.44. The van der Waals surface area contributed by atoms with Gasteiger partial charge in [-0.25, -0.2) is 0 Å². The minimum Gasteiger partial charge on any atom is -0.504 e. The summed E-state index contributed by atoms with van der Waals surface area (Å²) in [6, 6.07) is 6.04. The Morgan fingerprint density at radius 1 is 0.500 bits per heavy atom. The zero-order chi connectivity index (χ0) is 29.2. The SMILES string of the molecule is CCCCCOc1c(O)ccc(C(=O)c2ccc(O)c(OCCCCC)c2OCCCCC)c1OCCCCC. The Labute approximate surface area is 240 Å². The molecule has 2 aromatic carbocycles. The number of unbranched alkanes of at least 4 members (excludes halogenated alkanes) is 8. The third-order valence-electron chi connectivity index (χ3n) is 6.65. The van der Waals surface area contributed by atoms with E-state index in [9.17, 15) is 15.0 Å². The summed E-state index contributed by atoms with van der Waals surface area (Å²) in [4.78, 5) is 14.1. The summed E-state index contributed by atoms with van der Waals surface area (Å²) in [6.07, 6.45) is 11.4. The maximum Gasteiger partial charge on any atom is 0.204 e. The van der Waals surface area contributed by atoms with Crippen LogP contribution in [0.3, 0.4) is 0 Å². The van der Waals surface area contributed by atoms with Crippen LogP contribution in [0.25, 0.3) is 0 Å². The molecule has 0 heterocycles. The van der Waals surface area contributed by atoms with Crippen LogP contribution in [0.2, 0.25) is 0 Å². The second-order valence-corrected chi connectivity index (χ2v) is 10.1. The lowest BCUT2D eigenvalue weighted by molar-refractivity contribution is 0.102. The lowest BCUT2D eigenvalue weighted by atomic mass is 9.99. The van der Waals surface area contributed by atoms with E-state index in [4.69, 9.17) is 18.9 Å². The predicted octanol–water partition coefficient (Wildman–Crippen LogP) is 8.60. The topological polar surface area (TPSA) is 94.5 Å². The fraction of sp³-hybridized carbons (Fsp3) is 0.606. The van der Waals surface area contributed by atoms with E-state index in [1.165, 1.54) is 12.1 Å². The van der Waals surface area contributed by atoms with Crippen molar-refractivity contribution < 1.29 is 34.0 Å². The maximum atomic E-state index is 14.1. The molecule has 7 heteroatoms. The smallest absolute Gasteiger partial charge is 0.204 e. The number of hydrogen-bond donors (Lipinski definition) is 2. The van der Waals surface area contributed by atoms with Gasteiger partial charge in [0, 0.05) is 0 Å². The highest BCUT2D eigenvalue weighted by molar-refractivity contribution is 6.13. The Morgan fingerprint density at radius 2 is 0.800 bits per heavy atom. The van der Waals surface area contributed by atoms with Crippen molar-refractivity contribution in [2.45, 2.75) is 105 Å². The molecule has 0 saturated heterocycles. The second-order valence-electron chi connectivity index (χ2n) is 10.1. The summed E-state index contributed by atoms with van der Waals surface area (Å²) >= 11 is 0. The van der Waals surface area contributed by atoms with Gasteiger partial charge in [-0.3, -0.25) is 4.79 Å². The Hall–Kier alpha value is -3.09. The predicted molar refractivity (Wildman–Crippen MR) is 160 cm³/mol. The van der Waals surface area contributed by atoms with Gasteiger partial charge in [0.1, 0.15) is 0 Å². The van der Waals surface area contributed by atoms with Crippen molar-refractivity contribution in [2.75, 3.05) is 26.4 Å². The van der Waals surface area contributed by atoms with Crippen LogP contribution >= 0.6 is 0 Å². The number of carbonyl (C=O) groups is 1. The molecule has 40 heavy (non-hydrogen) atoms. The summed E-state index contributed by atoms with van der Waals surface area (Å²) in [6.45, 7) is 10.0. The number of rotatable bonds is 22.